The standard InChI is InChI=1S/C11H17BrN2S3/c1-7-11(17-5-4-15-7)9(14-13)6-10-8(12)2-3-16-10/h2-3,7,9,11,14H,4-6,13H2,1H3. The molecule has 3 atom stereocenters. The molecule has 3 N–H and O–H groups in total. The third-order valence-corrected chi connectivity index (χ3v) is 8.14. The molecule has 0 aliphatic carbocycles. The summed E-state index contributed by atoms with van der Waals surface area (Å²) in [6.45, 7) is 2.31. The number of rotatable bonds is 4. The molecule has 1 aliphatic rings. The summed E-state index contributed by atoms with van der Waals surface area (Å²) in [5, 5.41) is 3.40. The van der Waals surface area contributed by atoms with E-state index in [1.54, 1.807) is 11.3 Å². The summed E-state index contributed by atoms with van der Waals surface area (Å²) in [4.78, 5) is 1.39. The van der Waals surface area contributed by atoms with E-state index in [0.29, 0.717) is 16.5 Å². The second-order valence-electron chi connectivity index (χ2n) is 4.08. The van der Waals surface area contributed by atoms with Gasteiger partial charge in [-0.15, -0.1) is 11.3 Å². The van der Waals surface area contributed by atoms with Crippen LogP contribution in [0, 0.1) is 0 Å². The summed E-state index contributed by atoms with van der Waals surface area (Å²) in [6.07, 6.45) is 1.01. The molecule has 0 saturated carbocycles. The molecule has 6 heteroatoms. The number of nitrogens with two attached hydrogens (primary N) is 1. The number of hydrogen-bond donors (Lipinski definition) is 2. The Morgan fingerprint density at radius 3 is 2.88 bits per heavy atom. The number of thiophene rings is 1. The molecule has 96 valence electrons. The van der Waals surface area contributed by atoms with E-state index in [1.807, 2.05) is 0 Å². The molecule has 0 amide bonds. The zero-order valence-electron chi connectivity index (χ0n) is 9.69. The van der Waals surface area contributed by atoms with Crippen molar-refractivity contribution in [2.24, 2.45) is 5.84 Å². The van der Waals surface area contributed by atoms with E-state index >= 15 is 0 Å². The SMILES string of the molecule is CC1SCCSC1C(Cc1sccc1Br)NN. The van der Waals surface area contributed by atoms with Crippen molar-refractivity contribution < 1.29 is 0 Å². The molecule has 2 rings (SSSR count). The average molecular weight is 353 g/mol. The van der Waals surface area contributed by atoms with Gasteiger partial charge in [0.05, 0.1) is 0 Å². The first-order valence-electron chi connectivity index (χ1n) is 5.63. The molecule has 1 saturated heterocycles. The molecule has 0 spiro atoms. The van der Waals surface area contributed by atoms with Gasteiger partial charge in [-0.3, -0.25) is 11.3 Å². The van der Waals surface area contributed by atoms with Crippen LogP contribution in [0.1, 0.15) is 11.8 Å². The maximum atomic E-state index is 5.75. The molecule has 3 unspecified atom stereocenters. The lowest BCUT2D eigenvalue weighted by Crippen LogP contribution is -2.48. The van der Waals surface area contributed by atoms with E-state index in [4.69, 9.17) is 5.84 Å². The minimum atomic E-state index is 0.359. The smallest absolute Gasteiger partial charge is 0.0388 e. The Morgan fingerprint density at radius 2 is 2.29 bits per heavy atom. The largest absolute Gasteiger partial charge is 0.271 e. The van der Waals surface area contributed by atoms with Gasteiger partial charge in [0.2, 0.25) is 0 Å². The highest BCUT2D eigenvalue weighted by atomic mass is 79.9. The number of hydrogen-bond acceptors (Lipinski definition) is 5. The molecular formula is C11H17BrN2S3. The van der Waals surface area contributed by atoms with Crippen LogP contribution in [-0.2, 0) is 6.42 Å². The maximum absolute atomic E-state index is 5.75. The van der Waals surface area contributed by atoms with E-state index in [-0.39, 0.29) is 0 Å². The van der Waals surface area contributed by atoms with Crippen molar-refractivity contribution in [1.82, 2.24) is 5.43 Å². The fourth-order valence-electron chi connectivity index (χ4n) is 2.03. The highest BCUT2D eigenvalue weighted by molar-refractivity contribution is 9.10. The first kappa shape index (κ1) is 14.2. The van der Waals surface area contributed by atoms with Crippen LogP contribution in [0.25, 0.3) is 0 Å². The van der Waals surface area contributed by atoms with Gasteiger partial charge in [0.15, 0.2) is 0 Å². The summed E-state index contributed by atoms with van der Waals surface area (Å²) in [5.74, 6) is 8.25. The Labute approximate surface area is 124 Å². The van der Waals surface area contributed by atoms with Gasteiger partial charge in [-0.25, -0.2) is 0 Å². The summed E-state index contributed by atoms with van der Waals surface area (Å²) in [5.41, 5.74) is 3.02. The molecule has 1 aromatic rings. The van der Waals surface area contributed by atoms with Crippen LogP contribution in [-0.4, -0.2) is 28.0 Å². The van der Waals surface area contributed by atoms with Crippen molar-refractivity contribution in [2.45, 2.75) is 29.9 Å². The Morgan fingerprint density at radius 1 is 1.53 bits per heavy atom. The molecule has 0 aromatic carbocycles. The molecular weight excluding hydrogens is 336 g/mol. The average Bonchev–Trinajstić information content (AvgIpc) is 2.73. The van der Waals surface area contributed by atoms with Crippen molar-refractivity contribution >= 4 is 50.8 Å². The second kappa shape index (κ2) is 6.82. The third-order valence-electron chi connectivity index (χ3n) is 2.94. The van der Waals surface area contributed by atoms with Crippen molar-refractivity contribution in [3.05, 3.63) is 20.8 Å². The fraction of sp³-hybridized carbons (Fsp3) is 0.636. The number of nitrogens with one attached hydrogen (secondary N) is 1. The van der Waals surface area contributed by atoms with E-state index < -0.39 is 0 Å². The van der Waals surface area contributed by atoms with Gasteiger partial charge in [-0.1, -0.05) is 6.92 Å². The van der Waals surface area contributed by atoms with Gasteiger partial charge >= 0.3 is 0 Å². The highest BCUT2D eigenvalue weighted by Crippen LogP contribution is 2.35. The van der Waals surface area contributed by atoms with Crippen LogP contribution in [0.3, 0.4) is 0 Å². The lowest BCUT2D eigenvalue weighted by Gasteiger charge is -2.34. The first-order chi connectivity index (χ1) is 8.22. The minimum absolute atomic E-state index is 0.359. The van der Waals surface area contributed by atoms with Gasteiger partial charge < -0.3 is 0 Å². The van der Waals surface area contributed by atoms with E-state index in [9.17, 15) is 0 Å². The predicted molar refractivity (Wildman–Crippen MR) is 85.0 cm³/mol. The molecule has 1 aliphatic heterocycles. The Hall–Kier alpha value is 0.800. The van der Waals surface area contributed by atoms with Gasteiger partial charge in [0, 0.05) is 43.8 Å². The van der Waals surface area contributed by atoms with Crippen LogP contribution in [0.15, 0.2) is 15.9 Å². The van der Waals surface area contributed by atoms with Crippen molar-refractivity contribution in [2.75, 3.05) is 11.5 Å². The summed E-state index contributed by atoms with van der Waals surface area (Å²) >= 11 is 9.51. The van der Waals surface area contributed by atoms with Gasteiger partial charge in [0.1, 0.15) is 0 Å². The summed E-state index contributed by atoms with van der Waals surface area (Å²) in [7, 11) is 0. The van der Waals surface area contributed by atoms with E-state index in [2.05, 4.69) is 63.2 Å². The third kappa shape index (κ3) is 3.64. The maximum Gasteiger partial charge on any atom is 0.0388 e. The summed E-state index contributed by atoms with van der Waals surface area (Å²) in [6, 6.07) is 2.47. The number of thioether (sulfide) groups is 2. The summed E-state index contributed by atoms with van der Waals surface area (Å²) < 4.78 is 1.21. The topological polar surface area (TPSA) is 38.0 Å². The predicted octanol–water partition coefficient (Wildman–Crippen LogP) is 3.12. The molecule has 1 fully saturated rings. The Balaban J connectivity index is 2.03. The Kier molecular flexibility index (Phi) is 5.70. The zero-order valence-corrected chi connectivity index (χ0v) is 13.7. The number of halogens is 1. The quantitative estimate of drug-likeness (QED) is 0.644. The molecule has 0 radical (unpaired) electrons. The van der Waals surface area contributed by atoms with Gasteiger partial charge in [-0.2, -0.15) is 23.5 Å². The first-order valence-corrected chi connectivity index (χ1v) is 9.40. The molecule has 0 bridgehead atoms. The highest BCUT2D eigenvalue weighted by Gasteiger charge is 2.30. The van der Waals surface area contributed by atoms with Crippen LogP contribution < -0.4 is 11.3 Å². The van der Waals surface area contributed by atoms with Crippen molar-refractivity contribution in [3.63, 3.8) is 0 Å². The Bertz CT molecular complexity index is 358. The van der Waals surface area contributed by atoms with Crippen LogP contribution in [0.5, 0.6) is 0 Å². The zero-order chi connectivity index (χ0) is 12.3. The van der Waals surface area contributed by atoms with Crippen LogP contribution in [0.2, 0.25) is 0 Å². The van der Waals surface area contributed by atoms with Crippen molar-refractivity contribution in [3.8, 4) is 0 Å². The van der Waals surface area contributed by atoms with Gasteiger partial charge in [0.25, 0.3) is 0 Å². The lowest BCUT2D eigenvalue weighted by molar-refractivity contribution is 0.503. The lowest BCUT2D eigenvalue weighted by atomic mass is 10.1. The normalized spacial score (nSPS) is 27.0. The number of hydrazine groups is 1. The second-order valence-corrected chi connectivity index (χ2v) is 8.71. The van der Waals surface area contributed by atoms with Crippen LogP contribution >= 0.6 is 50.8 Å². The van der Waals surface area contributed by atoms with E-state index in [1.165, 1.54) is 20.9 Å². The van der Waals surface area contributed by atoms with E-state index in [0.717, 1.165) is 6.42 Å². The van der Waals surface area contributed by atoms with Crippen LogP contribution in [0.4, 0.5) is 0 Å². The van der Waals surface area contributed by atoms with Crippen molar-refractivity contribution in [1.29, 1.82) is 0 Å². The molecule has 17 heavy (non-hydrogen) atoms. The van der Waals surface area contributed by atoms with Gasteiger partial charge in [-0.05, 0) is 27.4 Å². The minimum Gasteiger partial charge on any atom is -0.271 e. The monoisotopic (exact) mass is 352 g/mol. The fourth-order valence-corrected chi connectivity index (χ4v) is 6.55. The molecule has 1 aromatic heterocycles. The molecule has 2 nitrogen and oxygen atoms in total. The molecule has 2 heterocycles.